The lowest BCUT2D eigenvalue weighted by atomic mass is 10.1. The third-order valence-electron chi connectivity index (χ3n) is 2.23. The van der Waals surface area contributed by atoms with Crippen LogP contribution in [0.1, 0.15) is 25.3 Å². The maximum Gasteiger partial charge on any atom is 0.159 e. The van der Waals surface area contributed by atoms with Crippen molar-refractivity contribution in [2.24, 2.45) is 0 Å². The van der Waals surface area contributed by atoms with Crippen LogP contribution < -0.4 is 5.32 Å². The number of aryl methyl sites for hydroxylation is 1. The molecule has 0 aliphatic carbocycles. The summed E-state index contributed by atoms with van der Waals surface area (Å²) >= 11 is 0. The molecule has 0 atom stereocenters. The Morgan fingerprint density at radius 1 is 1.13 bits per heavy atom. The second-order valence-corrected chi connectivity index (χ2v) is 3.60. The molecule has 1 nitrogen and oxygen atoms in total. The summed E-state index contributed by atoms with van der Waals surface area (Å²) in [7, 11) is 0. The summed E-state index contributed by atoms with van der Waals surface area (Å²) in [6.07, 6.45) is 2.85. The van der Waals surface area contributed by atoms with Gasteiger partial charge in [0.2, 0.25) is 0 Å². The summed E-state index contributed by atoms with van der Waals surface area (Å²) in [5.41, 5.74) is 0.854. The van der Waals surface area contributed by atoms with Gasteiger partial charge in [-0.2, -0.15) is 0 Å². The summed E-state index contributed by atoms with van der Waals surface area (Å²) in [6.45, 7) is 4.05. The maximum absolute atomic E-state index is 12.8. The molecule has 3 heteroatoms. The van der Waals surface area contributed by atoms with Gasteiger partial charge in [0.05, 0.1) is 0 Å². The van der Waals surface area contributed by atoms with Crippen molar-refractivity contribution in [3.63, 3.8) is 0 Å². The molecule has 15 heavy (non-hydrogen) atoms. The lowest BCUT2D eigenvalue weighted by Gasteiger charge is -2.03. The highest BCUT2D eigenvalue weighted by Gasteiger charge is 2.01. The number of nitrogens with one attached hydrogen (secondary N) is 1. The van der Waals surface area contributed by atoms with Gasteiger partial charge in [-0.25, -0.2) is 8.78 Å². The molecule has 1 rings (SSSR count). The monoisotopic (exact) mass is 213 g/mol. The van der Waals surface area contributed by atoms with Crippen LogP contribution in [0, 0.1) is 11.6 Å². The quantitative estimate of drug-likeness (QED) is 0.716. The standard InChI is InChI=1S/C12H17F2N/c1-2-7-15-8-3-4-10-5-6-11(13)12(14)9-10/h5-6,9,15H,2-4,7-8H2,1H3. The fourth-order valence-corrected chi connectivity index (χ4v) is 1.41. The van der Waals surface area contributed by atoms with Gasteiger partial charge in [-0.15, -0.1) is 0 Å². The van der Waals surface area contributed by atoms with Gasteiger partial charge in [-0.1, -0.05) is 13.0 Å². The van der Waals surface area contributed by atoms with Crippen molar-refractivity contribution in [2.75, 3.05) is 13.1 Å². The number of hydrogen-bond donors (Lipinski definition) is 1. The van der Waals surface area contributed by atoms with E-state index in [-0.39, 0.29) is 0 Å². The molecule has 0 aliphatic rings. The number of halogens is 2. The molecule has 0 fully saturated rings. The van der Waals surface area contributed by atoms with E-state index in [0.29, 0.717) is 0 Å². The molecule has 0 aromatic heterocycles. The van der Waals surface area contributed by atoms with Crippen LogP contribution in [-0.2, 0) is 6.42 Å². The highest BCUT2D eigenvalue weighted by atomic mass is 19.2. The molecular weight excluding hydrogens is 196 g/mol. The van der Waals surface area contributed by atoms with E-state index in [1.807, 2.05) is 0 Å². The topological polar surface area (TPSA) is 12.0 Å². The minimum absolute atomic E-state index is 0.756. The predicted octanol–water partition coefficient (Wildman–Crippen LogP) is 2.90. The van der Waals surface area contributed by atoms with E-state index in [0.717, 1.165) is 37.9 Å². The van der Waals surface area contributed by atoms with Gasteiger partial charge < -0.3 is 5.32 Å². The van der Waals surface area contributed by atoms with Gasteiger partial charge in [-0.05, 0) is 50.0 Å². The lowest BCUT2D eigenvalue weighted by molar-refractivity contribution is 0.506. The Morgan fingerprint density at radius 3 is 2.60 bits per heavy atom. The van der Waals surface area contributed by atoms with Crippen LogP contribution in [0.15, 0.2) is 18.2 Å². The zero-order valence-corrected chi connectivity index (χ0v) is 9.02. The molecule has 1 aromatic carbocycles. The smallest absolute Gasteiger partial charge is 0.159 e. The van der Waals surface area contributed by atoms with Crippen LogP contribution >= 0.6 is 0 Å². The Balaban J connectivity index is 2.28. The largest absolute Gasteiger partial charge is 0.317 e. The average molecular weight is 213 g/mol. The lowest BCUT2D eigenvalue weighted by Crippen LogP contribution is -2.16. The molecule has 0 amide bonds. The fraction of sp³-hybridized carbons (Fsp3) is 0.500. The van der Waals surface area contributed by atoms with E-state index < -0.39 is 11.6 Å². The first-order valence-electron chi connectivity index (χ1n) is 5.38. The summed E-state index contributed by atoms with van der Waals surface area (Å²) in [5, 5.41) is 3.26. The van der Waals surface area contributed by atoms with Crippen LogP contribution in [0.25, 0.3) is 0 Å². The minimum Gasteiger partial charge on any atom is -0.317 e. The molecule has 0 saturated heterocycles. The molecule has 1 N–H and O–H groups in total. The van der Waals surface area contributed by atoms with Gasteiger partial charge in [0.15, 0.2) is 11.6 Å². The SMILES string of the molecule is CCCNCCCc1ccc(F)c(F)c1. The third kappa shape index (κ3) is 4.38. The van der Waals surface area contributed by atoms with E-state index in [9.17, 15) is 8.78 Å². The second kappa shape index (κ2) is 6.51. The first-order chi connectivity index (χ1) is 7.24. The molecule has 0 bridgehead atoms. The van der Waals surface area contributed by atoms with E-state index in [2.05, 4.69) is 12.2 Å². The van der Waals surface area contributed by atoms with Crippen molar-refractivity contribution in [1.82, 2.24) is 5.32 Å². The van der Waals surface area contributed by atoms with Crippen molar-refractivity contribution in [1.29, 1.82) is 0 Å². The molecule has 0 spiro atoms. The zero-order chi connectivity index (χ0) is 11.1. The zero-order valence-electron chi connectivity index (χ0n) is 9.02. The minimum atomic E-state index is -0.775. The fourth-order valence-electron chi connectivity index (χ4n) is 1.41. The Labute approximate surface area is 89.5 Å². The predicted molar refractivity (Wildman–Crippen MR) is 57.8 cm³/mol. The van der Waals surface area contributed by atoms with Crippen LogP contribution in [-0.4, -0.2) is 13.1 Å². The Bertz CT molecular complexity index is 300. The van der Waals surface area contributed by atoms with E-state index in [4.69, 9.17) is 0 Å². The third-order valence-corrected chi connectivity index (χ3v) is 2.23. The van der Waals surface area contributed by atoms with Crippen LogP contribution in [0.2, 0.25) is 0 Å². The number of hydrogen-bond acceptors (Lipinski definition) is 1. The van der Waals surface area contributed by atoms with E-state index in [1.54, 1.807) is 6.07 Å². The van der Waals surface area contributed by atoms with Crippen LogP contribution in [0.4, 0.5) is 8.78 Å². The number of benzene rings is 1. The van der Waals surface area contributed by atoms with Crippen LogP contribution in [0.5, 0.6) is 0 Å². The summed E-state index contributed by atoms with van der Waals surface area (Å²) < 4.78 is 25.4. The number of rotatable bonds is 6. The van der Waals surface area contributed by atoms with Crippen molar-refractivity contribution in [2.45, 2.75) is 26.2 Å². The second-order valence-electron chi connectivity index (χ2n) is 3.60. The van der Waals surface area contributed by atoms with Gasteiger partial charge >= 0.3 is 0 Å². The van der Waals surface area contributed by atoms with Gasteiger partial charge in [-0.3, -0.25) is 0 Å². The first-order valence-corrected chi connectivity index (χ1v) is 5.38. The van der Waals surface area contributed by atoms with Gasteiger partial charge in [0.25, 0.3) is 0 Å². The highest BCUT2D eigenvalue weighted by Crippen LogP contribution is 2.09. The summed E-state index contributed by atoms with van der Waals surface area (Å²) in [4.78, 5) is 0. The molecular formula is C12H17F2N. The van der Waals surface area contributed by atoms with Crippen LogP contribution in [0.3, 0.4) is 0 Å². The normalized spacial score (nSPS) is 10.6. The molecule has 0 aliphatic heterocycles. The van der Waals surface area contributed by atoms with Crippen molar-refractivity contribution in [3.05, 3.63) is 35.4 Å². The van der Waals surface area contributed by atoms with Crippen molar-refractivity contribution < 1.29 is 8.78 Å². The Kier molecular flexibility index (Phi) is 5.26. The summed E-state index contributed by atoms with van der Waals surface area (Å²) in [6, 6.07) is 4.09. The molecule has 1 aromatic rings. The average Bonchev–Trinajstić information content (AvgIpc) is 2.23. The van der Waals surface area contributed by atoms with Crippen molar-refractivity contribution >= 4 is 0 Å². The van der Waals surface area contributed by atoms with Crippen molar-refractivity contribution in [3.8, 4) is 0 Å². The molecule has 0 saturated carbocycles. The molecule has 0 radical (unpaired) electrons. The van der Waals surface area contributed by atoms with E-state index in [1.165, 1.54) is 12.1 Å². The summed E-state index contributed by atoms with van der Waals surface area (Å²) in [5.74, 6) is -1.53. The first kappa shape index (κ1) is 12.1. The molecule has 84 valence electrons. The van der Waals surface area contributed by atoms with Gasteiger partial charge in [0, 0.05) is 0 Å². The Hall–Kier alpha value is -0.960. The van der Waals surface area contributed by atoms with Gasteiger partial charge in [0.1, 0.15) is 0 Å². The van der Waals surface area contributed by atoms with E-state index >= 15 is 0 Å². The highest BCUT2D eigenvalue weighted by molar-refractivity contribution is 5.17. The molecule has 0 heterocycles. The Morgan fingerprint density at radius 2 is 1.93 bits per heavy atom. The molecule has 0 unspecified atom stereocenters. The maximum atomic E-state index is 12.8.